The predicted molar refractivity (Wildman–Crippen MR) is 89.8 cm³/mol. The standard InChI is InChI=1S/C18H12N2O4/c21-11-7-5-10(6-8-11)20-14(22)9-19-15-16(20)18(24)13-4-2-1-3-12(13)17(15)23/h1-9,21,23-24H. The van der Waals surface area contributed by atoms with Crippen molar-refractivity contribution in [1.29, 1.82) is 0 Å². The zero-order valence-electron chi connectivity index (χ0n) is 12.3. The molecule has 0 radical (unpaired) electrons. The first-order chi connectivity index (χ1) is 11.6. The molecule has 0 bridgehead atoms. The Morgan fingerprint density at radius 2 is 1.46 bits per heavy atom. The van der Waals surface area contributed by atoms with Crippen LogP contribution in [-0.4, -0.2) is 24.9 Å². The van der Waals surface area contributed by atoms with Crippen molar-refractivity contribution in [3.63, 3.8) is 0 Å². The molecule has 0 fully saturated rings. The van der Waals surface area contributed by atoms with Crippen molar-refractivity contribution < 1.29 is 15.3 Å². The molecule has 24 heavy (non-hydrogen) atoms. The Morgan fingerprint density at radius 3 is 2.12 bits per heavy atom. The van der Waals surface area contributed by atoms with E-state index in [1.807, 2.05) is 0 Å². The molecule has 0 aliphatic rings. The number of benzene rings is 3. The van der Waals surface area contributed by atoms with E-state index in [1.54, 1.807) is 36.4 Å². The highest BCUT2D eigenvalue weighted by Gasteiger charge is 2.18. The van der Waals surface area contributed by atoms with Gasteiger partial charge in [0.25, 0.3) is 5.56 Å². The van der Waals surface area contributed by atoms with Gasteiger partial charge in [0.05, 0.1) is 6.20 Å². The van der Waals surface area contributed by atoms with Crippen LogP contribution in [0.5, 0.6) is 17.2 Å². The van der Waals surface area contributed by atoms with Crippen LogP contribution in [0.1, 0.15) is 0 Å². The maximum Gasteiger partial charge on any atom is 0.274 e. The predicted octanol–water partition coefficient (Wildman–Crippen LogP) is 2.66. The van der Waals surface area contributed by atoms with Gasteiger partial charge < -0.3 is 15.3 Å². The summed E-state index contributed by atoms with van der Waals surface area (Å²) in [6.45, 7) is 0. The van der Waals surface area contributed by atoms with Crippen molar-refractivity contribution >= 4 is 21.8 Å². The molecule has 0 amide bonds. The molecule has 0 aliphatic carbocycles. The zero-order chi connectivity index (χ0) is 16.8. The molecule has 6 heteroatoms. The molecule has 3 N–H and O–H groups in total. The van der Waals surface area contributed by atoms with Gasteiger partial charge in [-0.2, -0.15) is 0 Å². The van der Waals surface area contributed by atoms with E-state index in [9.17, 15) is 20.1 Å². The largest absolute Gasteiger partial charge is 0.508 e. The molecule has 1 heterocycles. The van der Waals surface area contributed by atoms with Gasteiger partial charge in [0.1, 0.15) is 22.5 Å². The molecule has 4 aromatic rings. The minimum atomic E-state index is -0.460. The second kappa shape index (κ2) is 4.99. The molecule has 118 valence electrons. The maximum absolute atomic E-state index is 12.4. The number of hydrogen-bond acceptors (Lipinski definition) is 5. The van der Waals surface area contributed by atoms with Gasteiger partial charge in [-0.25, -0.2) is 4.98 Å². The van der Waals surface area contributed by atoms with E-state index in [0.717, 1.165) is 6.20 Å². The lowest BCUT2D eigenvalue weighted by Gasteiger charge is -2.14. The first-order valence-corrected chi connectivity index (χ1v) is 7.21. The van der Waals surface area contributed by atoms with Crippen molar-refractivity contribution in [3.8, 4) is 22.9 Å². The number of aromatic nitrogens is 2. The lowest BCUT2D eigenvalue weighted by Crippen LogP contribution is -2.18. The van der Waals surface area contributed by atoms with Crippen LogP contribution >= 0.6 is 0 Å². The van der Waals surface area contributed by atoms with E-state index in [0.29, 0.717) is 16.5 Å². The SMILES string of the molecule is O=c1cnc2c(O)c3ccccc3c(O)c2n1-c1ccc(O)cc1. The van der Waals surface area contributed by atoms with E-state index >= 15 is 0 Å². The number of hydrogen-bond donors (Lipinski definition) is 3. The Labute approximate surface area is 135 Å². The zero-order valence-corrected chi connectivity index (χ0v) is 12.3. The van der Waals surface area contributed by atoms with E-state index in [4.69, 9.17) is 0 Å². The van der Waals surface area contributed by atoms with Crippen molar-refractivity contribution in [3.05, 3.63) is 65.1 Å². The highest BCUT2D eigenvalue weighted by Crippen LogP contribution is 2.40. The van der Waals surface area contributed by atoms with Crippen LogP contribution in [0, 0.1) is 0 Å². The third-order valence-corrected chi connectivity index (χ3v) is 3.97. The monoisotopic (exact) mass is 320 g/mol. The number of phenolic OH excluding ortho intramolecular Hbond substituents is 3. The van der Waals surface area contributed by atoms with Crippen molar-refractivity contribution in [1.82, 2.24) is 9.55 Å². The topological polar surface area (TPSA) is 95.6 Å². The second-order valence-corrected chi connectivity index (χ2v) is 5.39. The highest BCUT2D eigenvalue weighted by atomic mass is 16.3. The fourth-order valence-corrected chi connectivity index (χ4v) is 2.86. The van der Waals surface area contributed by atoms with Gasteiger partial charge in [-0.3, -0.25) is 9.36 Å². The Balaban J connectivity index is 2.24. The van der Waals surface area contributed by atoms with Crippen LogP contribution in [0.25, 0.3) is 27.5 Å². The summed E-state index contributed by atoms with van der Waals surface area (Å²) in [6.07, 6.45) is 1.09. The molecule has 3 aromatic carbocycles. The van der Waals surface area contributed by atoms with Gasteiger partial charge >= 0.3 is 0 Å². The van der Waals surface area contributed by atoms with E-state index < -0.39 is 5.56 Å². The van der Waals surface area contributed by atoms with Gasteiger partial charge in [-0.05, 0) is 24.3 Å². The van der Waals surface area contributed by atoms with Gasteiger partial charge in [0, 0.05) is 16.5 Å². The fraction of sp³-hybridized carbons (Fsp3) is 0. The normalized spacial score (nSPS) is 11.2. The summed E-state index contributed by atoms with van der Waals surface area (Å²) in [4.78, 5) is 16.4. The maximum atomic E-state index is 12.4. The lowest BCUT2D eigenvalue weighted by molar-refractivity contribution is 0.474. The van der Waals surface area contributed by atoms with Crippen LogP contribution < -0.4 is 5.56 Å². The van der Waals surface area contributed by atoms with Gasteiger partial charge in [0.2, 0.25) is 0 Å². The molecule has 0 aliphatic heterocycles. The molecule has 0 spiro atoms. The van der Waals surface area contributed by atoms with Crippen molar-refractivity contribution in [2.45, 2.75) is 0 Å². The Morgan fingerprint density at radius 1 is 0.833 bits per heavy atom. The summed E-state index contributed by atoms with van der Waals surface area (Å²) in [5, 5.41) is 31.5. The fourth-order valence-electron chi connectivity index (χ4n) is 2.86. The summed E-state index contributed by atoms with van der Waals surface area (Å²) >= 11 is 0. The van der Waals surface area contributed by atoms with Crippen molar-refractivity contribution in [2.75, 3.05) is 0 Å². The minimum Gasteiger partial charge on any atom is -0.508 e. The van der Waals surface area contributed by atoms with Crippen LogP contribution in [-0.2, 0) is 0 Å². The average molecular weight is 320 g/mol. The average Bonchev–Trinajstić information content (AvgIpc) is 2.60. The number of rotatable bonds is 1. The molecular weight excluding hydrogens is 308 g/mol. The molecule has 0 unspecified atom stereocenters. The van der Waals surface area contributed by atoms with Crippen LogP contribution in [0.3, 0.4) is 0 Å². The molecular formula is C18H12N2O4. The molecule has 1 aromatic heterocycles. The molecule has 0 saturated carbocycles. The van der Waals surface area contributed by atoms with Crippen LogP contribution in [0.2, 0.25) is 0 Å². The number of aromatic hydroxyl groups is 3. The lowest BCUT2D eigenvalue weighted by atomic mass is 10.1. The molecule has 4 rings (SSSR count). The molecule has 0 saturated heterocycles. The van der Waals surface area contributed by atoms with E-state index in [2.05, 4.69) is 4.98 Å². The summed E-state index contributed by atoms with van der Waals surface area (Å²) in [7, 11) is 0. The van der Waals surface area contributed by atoms with Gasteiger partial charge in [-0.15, -0.1) is 0 Å². The smallest absolute Gasteiger partial charge is 0.274 e. The Kier molecular flexibility index (Phi) is 2.93. The number of fused-ring (bicyclic) bond motifs is 2. The second-order valence-electron chi connectivity index (χ2n) is 5.39. The number of phenols is 3. The summed E-state index contributed by atoms with van der Waals surface area (Å²) < 4.78 is 1.25. The van der Waals surface area contributed by atoms with E-state index in [1.165, 1.54) is 16.7 Å². The summed E-state index contributed by atoms with van der Waals surface area (Å²) in [5.41, 5.74) is 0.219. The summed E-state index contributed by atoms with van der Waals surface area (Å²) in [5.74, 6) is -0.190. The molecule has 0 atom stereocenters. The Hall–Kier alpha value is -3.54. The number of nitrogens with zero attached hydrogens (tertiary/aromatic N) is 2. The third kappa shape index (κ3) is 1.90. The minimum absolute atomic E-state index is 0.0580. The summed E-state index contributed by atoms with van der Waals surface area (Å²) in [6, 6.07) is 12.8. The quantitative estimate of drug-likeness (QED) is 0.370. The van der Waals surface area contributed by atoms with Crippen LogP contribution in [0.4, 0.5) is 0 Å². The Bertz CT molecular complexity index is 1150. The van der Waals surface area contributed by atoms with Crippen molar-refractivity contribution in [2.24, 2.45) is 0 Å². The van der Waals surface area contributed by atoms with Crippen LogP contribution in [0.15, 0.2) is 59.5 Å². The third-order valence-electron chi connectivity index (χ3n) is 3.97. The first-order valence-electron chi connectivity index (χ1n) is 7.21. The van der Waals surface area contributed by atoms with Gasteiger partial charge in [0.15, 0.2) is 5.75 Å². The molecule has 6 nitrogen and oxygen atoms in total. The van der Waals surface area contributed by atoms with E-state index in [-0.39, 0.29) is 28.3 Å². The first kappa shape index (κ1) is 14.1. The van der Waals surface area contributed by atoms with Gasteiger partial charge in [-0.1, -0.05) is 24.3 Å². The highest BCUT2D eigenvalue weighted by molar-refractivity contribution is 6.08.